The Labute approximate surface area is 168 Å². The van der Waals surface area contributed by atoms with E-state index >= 15 is 0 Å². The molecule has 6 heteroatoms. The zero-order chi connectivity index (χ0) is 20.1. The van der Waals surface area contributed by atoms with Crippen molar-refractivity contribution in [3.05, 3.63) is 88.3 Å². The van der Waals surface area contributed by atoms with Gasteiger partial charge in [0.2, 0.25) is 0 Å². The molecule has 0 aliphatic heterocycles. The molecule has 3 aromatic rings. The fourth-order valence-corrected chi connectivity index (χ4v) is 3.45. The van der Waals surface area contributed by atoms with E-state index in [2.05, 4.69) is 40.8 Å². The summed E-state index contributed by atoms with van der Waals surface area (Å²) in [7, 11) is 1.99. The van der Waals surface area contributed by atoms with E-state index in [1.165, 1.54) is 5.56 Å². The molecule has 0 atom stereocenters. The zero-order valence-corrected chi connectivity index (χ0v) is 16.8. The number of carbonyl (C=O) groups excluding carboxylic acids is 1. The van der Waals surface area contributed by atoms with Gasteiger partial charge in [-0.15, -0.1) is 0 Å². The van der Waals surface area contributed by atoms with Crippen LogP contribution in [0.3, 0.4) is 0 Å². The molecular formula is C22H22N3O2S+. The van der Waals surface area contributed by atoms with Gasteiger partial charge in [-0.1, -0.05) is 23.8 Å². The lowest BCUT2D eigenvalue weighted by Gasteiger charge is -2.18. The van der Waals surface area contributed by atoms with Gasteiger partial charge >= 0.3 is 0 Å². The highest BCUT2D eigenvalue weighted by molar-refractivity contribution is 8.00. The Bertz CT molecular complexity index is 986. The minimum atomic E-state index is -0.216. The van der Waals surface area contributed by atoms with E-state index in [1.807, 2.05) is 31.3 Å². The summed E-state index contributed by atoms with van der Waals surface area (Å²) in [5.74, 6) is -0.216. The van der Waals surface area contributed by atoms with Crippen LogP contribution in [0.15, 0.2) is 71.6 Å². The lowest BCUT2D eigenvalue weighted by molar-refractivity contribution is -0.379. The van der Waals surface area contributed by atoms with Crippen molar-refractivity contribution in [1.82, 2.24) is 0 Å². The van der Waals surface area contributed by atoms with Gasteiger partial charge in [0, 0.05) is 45.4 Å². The number of hydrogen-bond donors (Lipinski definition) is 2. The van der Waals surface area contributed by atoms with Crippen molar-refractivity contribution in [3.8, 4) is 0 Å². The molecule has 0 radical (unpaired) electrons. The standard InChI is InChI=1S/C22H21N3O2S/c1-15-4-12-20(13-5-15)28-25(3)19-10-7-17(8-11-19)22(26)23-21-14-18(24-27)9-6-16(21)2/h4-14H,1-3H3,(H,23,26)/p+1. The predicted octanol–water partition coefficient (Wildman–Crippen LogP) is 4.18. The molecule has 0 saturated heterocycles. The van der Waals surface area contributed by atoms with Crippen LogP contribution in [0.5, 0.6) is 0 Å². The monoisotopic (exact) mass is 392 g/mol. The summed E-state index contributed by atoms with van der Waals surface area (Å²) in [5.41, 5.74) is 4.69. The average molecular weight is 393 g/mol. The molecule has 28 heavy (non-hydrogen) atoms. The van der Waals surface area contributed by atoms with Gasteiger partial charge in [0.1, 0.15) is 0 Å². The lowest BCUT2D eigenvalue weighted by Crippen LogP contribution is -2.55. The van der Waals surface area contributed by atoms with Crippen molar-refractivity contribution in [1.29, 1.82) is 0 Å². The SMILES string of the molecule is Cc1ccc(SN(C)c2ccc(C(=O)Nc3cc([NH+]=O)ccc3C)cc2)cc1. The Balaban J connectivity index is 1.68. The quantitative estimate of drug-likeness (QED) is 0.618. The number of anilines is 2. The fourth-order valence-electron chi connectivity index (χ4n) is 2.65. The molecule has 0 spiro atoms. The van der Waals surface area contributed by atoms with Crippen LogP contribution in [0.4, 0.5) is 17.1 Å². The molecule has 0 bridgehead atoms. The molecule has 5 nitrogen and oxygen atoms in total. The molecular weight excluding hydrogens is 370 g/mol. The van der Waals surface area contributed by atoms with E-state index in [1.54, 1.807) is 42.3 Å². The third kappa shape index (κ3) is 4.78. The highest BCUT2D eigenvalue weighted by Gasteiger charge is 2.11. The number of nitrogens with zero attached hydrogens (tertiary/aromatic N) is 1. The first-order valence-corrected chi connectivity index (χ1v) is 9.62. The Morgan fingerprint density at radius 1 is 0.964 bits per heavy atom. The fraction of sp³-hybridized carbons (Fsp3) is 0.136. The first kappa shape index (κ1) is 19.6. The van der Waals surface area contributed by atoms with Gasteiger partial charge < -0.3 is 9.62 Å². The van der Waals surface area contributed by atoms with Gasteiger partial charge in [-0.25, -0.2) is 0 Å². The molecule has 2 N–H and O–H groups in total. The molecule has 3 aromatic carbocycles. The minimum Gasteiger partial charge on any atom is -0.321 e. The molecule has 142 valence electrons. The maximum absolute atomic E-state index is 12.5. The van der Waals surface area contributed by atoms with Crippen molar-refractivity contribution < 1.29 is 9.97 Å². The van der Waals surface area contributed by atoms with Gasteiger partial charge in [-0.05, 0) is 67.8 Å². The second-order valence-corrected chi connectivity index (χ2v) is 7.74. The summed E-state index contributed by atoms with van der Waals surface area (Å²) >= 11 is 1.62. The topological polar surface area (TPSA) is 63.4 Å². The highest BCUT2D eigenvalue weighted by Crippen LogP contribution is 2.28. The Kier molecular flexibility index (Phi) is 6.11. The molecule has 3 rings (SSSR count). The van der Waals surface area contributed by atoms with E-state index in [0.29, 0.717) is 16.9 Å². The number of benzene rings is 3. The first-order chi connectivity index (χ1) is 13.5. The molecule has 0 aliphatic carbocycles. The highest BCUT2D eigenvalue weighted by atomic mass is 32.2. The molecule has 0 fully saturated rings. The van der Waals surface area contributed by atoms with E-state index in [-0.39, 0.29) is 5.91 Å². The summed E-state index contributed by atoms with van der Waals surface area (Å²) in [4.78, 5) is 24.5. The van der Waals surface area contributed by atoms with Crippen molar-refractivity contribution in [3.63, 3.8) is 0 Å². The first-order valence-electron chi connectivity index (χ1n) is 8.85. The smallest absolute Gasteiger partial charge is 0.255 e. The Morgan fingerprint density at radius 3 is 2.29 bits per heavy atom. The molecule has 1 amide bonds. The number of carbonyl (C=O) groups is 1. The zero-order valence-electron chi connectivity index (χ0n) is 16.0. The number of amides is 1. The molecule has 0 aromatic heterocycles. The number of rotatable bonds is 6. The normalized spacial score (nSPS) is 10.4. The predicted molar refractivity (Wildman–Crippen MR) is 115 cm³/mol. The van der Waals surface area contributed by atoms with E-state index in [4.69, 9.17) is 0 Å². The van der Waals surface area contributed by atoms with Gasteiger partial charge in [0.15, 0.2) is 0 Å². The van der Waals surface area contributed by atoms with E-state index < -0.39 is 0 Å². The molecule has 0 heterocycles. The summed E-state index contributed by atoms with van der Waals surface area (Å²) in [6.07, 6.45) is 0. The Morgan fingerprint density at radius 2 is 1.64 bits per heavy atom. The summed E-state index contributed by atoms with van der Waals surface area (Å²) < 4.78 is 2.06. The summed E-state index contributed by atoms with van der Waals surface area (Å²) in [6.45, 7) is 3.95. The lowest BCUT2D eigenvalue weighted by atomic mass is 10.1. The third-order valence-electron chi connectivity index (χ3n) is 4.36. The summed E-state index contributed by atoms with van der Waals surface area (Å²) in [5, 5.41) is 4.70. The van der Waals surface area contributed by atoms with E-state index in [0.717, 1.165) is 16.1 Å². The van der Waals surface area contributed by atoms with Crippen LogP contribution < -0.4 is 14.8 Å². The average Bonchev–Trinajstić information content (AvgIpc) is 2.71. The minimum absolute atomic E-state index is 0.216. The maximum atomic E-state index is 12.5. The van der Waals surface area contributed by atoms with E-state index in [9.17, 15) is 9.70 Å². The molecule has 0 unspecified atom stereocenters. The van der Waals surface area contributed by atoms with Crippen LogP contribution in [-0.2, 0) is 0 Å². The van der Waals surface area contributed by atoms with Crippen molar-refractivity contribution >= 4 is 34.9 Å². The molecule has 0 saturated carbocycles. The third-order valence-corrected chi connectivity index (χ3v) is 5.33. The van der Waals surface area contributed by atoms with Crippen molar-refractivity contribution in [2.24, 2.45) is 0 Å². The van der Waals surface area contributed by atoms with Gasteiger partial charge in [-0.2, -0.15) is 0 Å². The Hall–Kier alpha value is -3.12. The van der Waals surface area contributed by atoms with Crippen LogP contribution >= 0.6 is 11.9 Å². The maximum Gasteiger partial charge on any atom is 0.255 e. The number of aryl methyl sites for hydroxylation is 2. The van der Waals surface area contributed by atoms with Gasteiger partial charge in [0.05, 0.1) is 5.69 Å². The van der Waals surface area contributed by atoms with Gasteiger partial charge in [0.25, 0.3) is 11.6 Å². The van der Waals surface area contributed by atoms with Crippen LogP contribution in [0.2, 0.25) is 0 Å². The second kappa shape index (κ2) is 8.71. The second-order valence-electron chi connectivity index (χ2n) is 6.53. The largest absolute Gasteiger partial charge is 0.321 e. The summed E-state index contributed by atoms with van der Waals surface area (Å²) in [6, 6.07) is 20.9. The van der Waals surface area contributed by atoms with Crippen molar-refractivity contribution in [2.45, 2.75) is 18.7 Å². The molecule has 0 aliphatic rings. The van der Waals surface area contributed by atoms with Crippen LogP contribution in [-0.4, -0.2) is 13.0 Å². The number of nitrogens with one attached hydrogen (secondary N) is 2. The van der Waals surface area contributed by atoms with Gasteiger partial charge in [-0.3, -0.25) is 4.79 Å². The number of nitroso groups, excluding NO2 is 1. The van der Waals surface area contributed by atoms with Crippen LogP contribution in [0.1, 0.15) is 21.5 Å². The van der Waals surface area contributed by atoms with Crippen LogP contribution in [0, 0.1) is 18.8 Å². The van der Waals surface area contributed by atoms with Crippen molar-refractivity contribution in [2.75, 3.05) is 16.7 Å². The van der Waals surface area contributed by atoms with Crippen LogP contribution in [0.25, 0.3) is 0 Å². The number of hydrogen-bond acceptors (Lipinski definition) is 4.